The molecule has 0 bridgehead atoms. The number of hydrogen-bond acceptors (Lipinski definition) is 6. The molecule has 0 aliphatic carbocycles. The van der Waals surface area contributed by atoms with Crippen molar-refractivity contribution in [1.82, 2.24) is 0 Å². The molecule has 2 heterocycles. The summed E-state index contributed by atoms with van der Waals surface area (Å²) in [5.41, 5.74) is 0. The van der Waals surface area contributed by atoms with Crippen molar-refractivity contribution in [2.45, 2.75) is 110 Å². The average Bonchev–Trinajstić information content (AvgIpc) is 3.30. The van der Waals surface area contributed by atoms with E-state index in [1.54, 1.807) is 0 Å². The minimum atomic E-state index is -0.579. The van der Waals surface area contributed by atoms with Gasteiger partial charge in [0.25, 0.3) is 0 Å². The quantitative estimate of drug-likeness (QED) is 0.122. The number of allylic oxidation sites excluding steroid dienone is 1. The van der Waals surface area contributed by atoms with Crippen molar-refractivity contribution in [3.8, 4) is 0 Å². The number of carbonyl (C=O) groups is 4. The summed E-state index contributed by atoms with van der Waals surface area (Å²) in [5, 5.41) is 0. The molecule has 180 valence electrons. The second-order valence-electron chi connectivity index (χ2n) is 8.49. The number of ether oxygens (including phenoxy) is 2. The molecule has 1 fully saturated rings. The third-order valence-electron chi connectivity index (χ3n) is 5.55. The molecule has 1 saturated heterocycles. The van der Waals surface area contributed by atoms with Crippen LogP contribution in [-0.2, 0) is 28.7 Å². The fourth-order valence-corrected chi connectivity index (χ4v) is 3.66. The van der Waals surface area contributed by atoms with Crippen LogP contribution in [0.4, 0.5) is 0 Å². The van der Waals surface area contributed by atoms with Gasteiger partial charge in [-0.05, 0) is 12.8 Å². The lowest BCUT2D eigenvalue weighted by Crippen LogP contribution is -2.03. The molecule has 0 N–H and O–H groups in total. The van der Waals surface area contributed by atoms with Crippen molar-refractivity contribution in [3.05, 3.63) is 24.3 Å². The molecule has 6 nitrogen and oxygen atoms in total. The molecule has 2 rings (SSSR count). The van der Waals surface area contributed by atoms with Gasteiger partial charge >= 0.3 is 23.9 Å². The van der Waals surface area contributed by atoms with E-state index in [-0.39, 0.29) is 18.3 Å². The van der Waals surface area contributed by atoms with Crippen molar-refractivity contribution in [2.75, 3.05) is 0 Å². The maximum atomic E-state index is 11.3. The number of rotatable bonds is 16. The molecule has 0 amide bonds. The highest BCUT2D eigenvalue weighted by Crippen LogP contribution is 2.18. The summed E-state index contributed by atoms with van der Waals surface area (Å²) < 4.78 is 8.50. The van der Waals surface area contributed by atoms with Gasteiger partial charge in [-0.25, -0.2) is 9.59 Å². The molecule has 2 aliphatic heterocycles. The second kappa shape index (κ2) is 18.3. The van der Waals surface area contributed by atoms with Crippen molar-refractivity contribution >= 4 is 23.9 Å². The average molecular weight is 449 g/mol. The number of carbonyl (C=O) groups excluding carboxylic acids is 4. The zero-order valence-electron chi connectivity index (χ0n) is 19.6. The van der Waals surface area contributed by atoms with Gasteiger partial charge in [-0.1, -0.05) is 103 Å². The highest BCUT2D eigenvalue weighted by molar-refractivity contribution is 6.04. The van der Waals surface area contributed by atoms with Crippen LogP contribution in [0, 0.1) is 5.92 Å². The summed E-state index contributed by atoms with van der Waals surface area (Å²) in [6, 6.07) is 0. The summed E-state index contributed by atoms with van der Waals surface area (Å²) in [6.45, 7) is 2.27. The number of unbranched alkanes of at least 4 members (excludes halogenated alkanes) is 14. The van der Waals surface area contributed by atoms with Gasteiger partial charge in [0, 0.05) is 12.2 Å². The molecule has 0 aromatic heterocycles. The monoisotopic (exact) mass is 448 g/mol. The van der Waals surface area contributed by atoms with Crippen LogP contribution in [0.15, 0.2) is 24.3 Å². The summed E-state index contributed by atoms with van der Waals surface area (Å²) >= 11 is 0. The third-order valence-corrected chi connectivity index (χ3v) is 5.55. The van der Waals surface area contributed by atoms with Gasteiger partial charge in [-0.2, -0.15) is 0 Å². The maximum absolute atomic E-state index is 11.3. The van der Waals surface area contributed by atoms with Crippen LogP contribution in [0.3, 0.4) is 0 Å². The summed E-state index contributed by atoms with van der Waals surface area (Å²) in [5.74, 6) is -2.27. The molecule has 0 aromatic carbocycles. The smallest absolute Gasteiger partial charge is 0.338 e. The fourth-order valence-electron chi connectivity index (χ4n) is 3.66. The minimum absolute atomic E-state index is 0.216. The first-order valence-electron chi connectivity index (χ1n) is 12.4. The van der Waals surface area contributed by atoms with E-state index >= 15 is 0 Å². The van der Waals surface area contributed by atoms with Crippen molar-refractivity contribution in [1.29, 1.82) is 0 Å². The molecule has 6 heteroatoms. The minimum Gasteiger partial charge on any atom is -0.393 e. The van der Waals surface area contributed by atoms with E-state index in [9.17, 15) is 19.2 Å². The molecule has 0 spiro atoms. The van der Waals surface area contributed by atoms with Gasteiger partial charge < -0.3 is 9.47 Å². The van der Waals surface area contributed by atoms with E-state index < -0.39 is 17.9 Å². The Hall–Kier alpha value is -2.24. The first kappa shape index (κ1) is 27.8. The van der Waals surface area contributed by atoms with E-state index in [2.05, 4.69) is 16.4 Å². The van der Waals surface area contributed by atoms with E-state index in [1.165, 1.54) is 89.9 Å². The first-order valence-corrected chi connectivity index (χ1v) is 12.4. The van der Waals surface area contributed by atoms with Gasteiger partial charge in [0.1, 0.15) is 0 Å². The lowest BCUT2D eigenvalue weighted by molar-refractivity contribution is -0.153. The molecular weight excluding hydrogens is 408 g/mol. The van der Waals surface area contributed by atoms with Crippen LogP contribution in [0.25, 0.3) is 0 Å². The number of esters is 4. The highest BCUT2D eigenvalue weighted by atomic mass is 16.6. The van der Waals surface area contributed by atoms with E-state index in [4.69, 9.17) is 0 Å². The molecular formula is C26H40O6. The Kier molecular flexibility index (Phi) is 15.9. The SMILES string of the molecule is CCCCCCCCCCCCCCCCC=CC1CC(=O)OC1=O.O=C1C=CC(=O)O1. The van der Waals surface area contributed by atoms with Gasteiger partial charge in [0.15, 0.2) is 0 Å². The van der Waals surface area contributed by atoms with Gasteiger partial charge in [-0.3, -0.25) is 9.59 Å². The summed E-state index contributed by atoms with van der Waals surface area (Å²) in [4.78, 5) is 42.1. The predicted molar refractivity (Wildman–Crippen MR) is 124 cm³/mol. The van der Waals surface area contributed by atoms with E-state index in [1.807, 2.05) is 12.2 Å². The Labute approximate surface area is 192 Å². The topological polar surface area (TPSA) is 86.7 Å². The molecule has 0 radical (unpaired) electrons. The Morgan fingerprint density at radius 1 is 0.719 bits per heavy atom. The maximum Gasteiger partial charge on any atom is 0.338 e. The Morgan fingerprint density at radius 3 is 1.56 bits per heavy atom. The van der Waals surface area contributed by atoms with Crippen molar-refractivity contribution < 1.29 is 28.7 Å². The normalized spacial score (nSPS) is 17.6. The highest BCUT2D eigenvalue weighted by Gasteiger charge is 2.30. The van der Waals surface area contributed by atoms with E-state index in [0.29, 0.717) is 0 Å². The van der Waals surface area contributed by atoms with Crippen LogP contribution in [0.2, 0.25) is 0 Å². The number of cyclic esters (lactones) is 4. The predicted octanol–water partition coefficient (Wildman–Crippen LogP) is 6.13. The zero-order valence-corrected chi connectivity index (χ0v) is 19.6. The Morgan fingerprint density at radius 2 is 1.19 bits per heavy atom. The first-order chi connectivity index (χ1) is 15.5. The van der Waals surface area contributed by atoms with Gasteiger partial charge in [-0.15, -0.1) is 0 Å². The van der Waals surface area contributed by atoms with Crippen LogP contribution < -0.4 is 0 Å². The Bertz CT molecular complexity index is 618. The van der Waals surface area contributed by atoms with Crippen LogP contribution >= 0.6 is 0 Å². The van der Waals surface area contributed by atoms with Crippen molar-refractivity contribution in [2.24, 2.45) is 5.92 Å². The fraction of sp³-hybridized carbons (Fsp3) is 0.692. The van der Waals surface area contributed by atoms with Crippen molar-refractivity contribution in [3.63, 3.8) is 0 Å². The molecule has 2 aliphatic rings. The van der Waals surface area contributed by atoms with Crippen LogP contribution in [-0.4, -0.2) is 23.9 Å². The van der Waals surface area contributed by atoms with E-state index in [0.717, 1.165) is 18.6 Å². The second-order valence-corrected chi connectivity index (χ2v) is 8.49. The van der Waals surface area contributed by atoms with Gasteiger partial charge in [0.05, 0.1) is 12.3 Å². The standard InChI is InChI=1S/C22H38O3.C4H2O3/c1-2-3-4-5-6-7-8-9-10-11-12-13-14-15-16-17-18-20-19-21(23)25-22(20)24;5-3-1-2-4(6)7-3/h17-18,20H,2-16,19H2,1H3;1-2H. The third kappa shape index (κ3) is 14.7. The number of hydrogen-bond donors (Lipinski definition) is 0. The molecule has 0 saturated carbocycles. The molecule has 32 heavy (non-hydrogen) atoms. The van der Waals surface area contributed by atoms with Crippen LogP contribution in [0.5, 0.6) is 0 Å². The lowest BCUT2D eigenvalue weighted by Gasteiger charge is -2.03. The summed E-state index contributed by atoms with van der Waals surface area (Å²) in [6.07, 6.45) is 26.4. The Balaban J connectivity index is 0.000000616. The van der Waals surface area contributed by atoms with Crippen LogP contribution in [0.1, 0.15) is 110 Å². The molecule has 1 atom stereocenters. The molecule has 0 aromatic rings. The summed E-state index contributed by atoms with van der Waals surface area (Å²) in [7, 11) is 0. The van der Waals surface area contributed by atoms with Gasteiger partial charge in [0.2, 0.25) is 0 Å². The molecule has 1 unspecified atom stereocenters. The zero-order chi connectivity index (χ0) is 23.4. The largest absolute Gasteiger partial charge is 0.393 e. The lowest BCUT2D eigenvalue weighted by atomic mass is 10.0.